The van der Waals surface area contributed by atoms with Crippen LogP contribution in [0.5, 0.6) is 0 Å². The van der Waals surface area contributed by atoms with Gasteiger partial charge in [-0.1, -0.05) is 33.1 Å². The highest BCUT2D eigenvalue weighted by atomic mass is 16.5. The first kappa shape index (κ1) is 17.8. The number of esters is 1. The van der Waals surface area contributed by atoms with Gasteiger partial charge in [0, 0.05) is 19.3 Å². The highest BCUT2D eigenvalue weighted by molar-refractivity contribution is 5.93. The normalized spacial score (nSPS) is 17.3. The topological polar surface area (TPSA) is 62.6 Å². The van der Waals surface area contributed by atoms with Gasteiger partial charge in [0.15, 0.2) is 5.88 Å². The zero-order valence-corrected chi connectivity index (χ0v) is 13.5. The van der Waals surface area contributed by atoms with Gasteiger partial charge in [-0.05, 0) is 18.4 Å². The Labute approximate surface area is 132 Å². The zero-order valence-electron chi connectivity index (χ0n) is 13.5. The van der Waals surface area contributed by atoms with Crippen molar-refractivity contribution in [3.05, 3.63) is 36.1 Å². The van der Waals surface area contributed by atoms with Gasteiger partial charge >= 0.3 is 5.97 Å². The molecule has 0 saturated heterocycles. The number of hydrogen-bond acceptors (Lipinski definition) is 5. The van der Waals surface area contributed by atoms with E-state index in [1.807, 2.05) is 13.1 Å². The Morgan fingerprint density at radius 3 is 2.86 bits per heavy atom. The van der Waals surface area contributed by atoms with Gasteiger partial charge in [0.25, 0.3) is 0 Å². The molecule has 0 radical (unpaired) electrons. The highest BCUT2D eigenvalue weighted by Gasteiger charge is 2.14. The van der Waals surface area contributed by atoms with E-state index < -0.39 is 5.97 Å². The fraction of sp³-hybridized carbons (Fsp3) is 0.529. The second-order valence-corrected chi connectivity index (χ2v) is 5.23. The first-order chi connectivity index (χ1) is 10.6. The molecule has 1 aliphatic rings. The number of ether oxygens (including phenoxy) is 2. The van der Waals surface area contributed by atoms with Crippen molar-refractivity contribution in [1.82, 2.24) is 4.90 Å². The van der Waals surface area contributed by atoms with Crippen LogP contribution in [0.4, 0.5) is 0 Å². The van der Waals surface area contributed by atoms with Gasteiger partial charge in [0.1, 0.15) is 17.9 Å². The monoisotopic (exact) mass is 304 g/mol. The van der Waals surface area contributed by atoms with Crippen molar-refractivity contribution >= 4 is 5.97 Å². The van der Waals surface area contributed by atoms with Gasteiger partial charge < -0.3 is 14.4 Å². The van der Waals surface area contributed by atoms with Gasteiger partial charge in [-0.3, -0.25) is 0 Å². The SMILES string of the molecule is CCCC[C@H](CC)COC(=O)/C(C#N)=C/C=C1/OC=CN1C. The highest BCUT2D eigenvalue weighted by Crippen LogP contribution is 2.15. The molecule has 0 aromatic heterocycles. The number of allylic oxidation sites excluding steroid dienone is 2. The summed E-state index contributed by atoms with van der Waals surface area (Å²) in [6.07, 6.45) is 10.5. The molecule has 0 saturated carbocycles. The number of carbonyl (C=O) groups excluding carboxylic acids is 1. The molecule has 0 aliphatic carbocycles. The molecule has 0 aromatic carbocycles. The van der Waals surface area contributed by atoms with Crippen molar-refractivity contribution in [3.8, 4) is 6.07 Å². The van der Waals surface area contributed by atoms with Gasteiger partial charge in [0.05, 0.1) is 6.61 Å². The van der Waals surface area contributed by atoms with E-state index in [9.17, 15) is 4.79 Å². The summed E-state index contributed by atoms with van der Waals surface area (Å²) in [5, 5.41) is 9.08. The van der Waals surface area contributed by atoms with E-state index >= 15 is 0 Å². The molecule has 0 N–H and O–H groups in total. The summed E-state index contributed by atoms with van der Waals surface area (Å²) in [6, 6.07) is 1.87. The lowest BCUT2D eigenvalue weighted by Crippen LogP contribution is -2.15. The van der Waals surface area contributed by atoms with Crippen molar-refractivity contribution in [2.24, 2.45) is 5.92 Å². The molecule has 120 valence electrons. The lowest BCUT2D eigenvalue weighted by Gasteiger charge is -2.14. The molecule has 0 aromatic rings. The zero-order chi connectivity index (χ0) is 16.4. The van der Waals surface area contributed by atoms with Gasteiger partial charge in [0.2, 0.25) is 0 Å². The number of unbranched alkanes of at least 4 members (excludes halogenated alkanes) is 1. The standard InChI is InChI=1S/C17H24N2O3/c1-4-6-7-14(5-2)13-22-17(20)15(12-18)8-9-16-19(3)10-11-21-16/h8-11,14H,4-7,13H2,1-3H3/b15-8+,16-9+/t14-/m0/s1. The lowest BCUT2D eigenvalue weighted by molar-refractivity contribution is -0.140. The molecule has 1 heterocycles. The minimum Gasteiger partial charge on any atom is -0.461 e. The molecular formula is C17H24N2O3. The number of nitrogens with zero attached hydrogens (tertiary/aromatic N) is 2. The Balaban J connectivity index is 2.56. The van der Waals surface area contributed by atoms with Crippen LogP contribution < -0.4 is 0 Å². The maximum atomic E-state index is 11.9. The Morgan fingerprint density at radius 1 is 1.55 bits per heavy atom. The summed E-state index contributed by atoms with van der Waals surface area (Å²) < 4.78 is 10.5. The van der Waals surface area contributed by atoms with E-state index in [-0.39, 0.29) is 5.57 Å². The van der Waals surface area contributed by atoms with E-state index in [2.05, 4.69) is 13.8 Å². The Hall–Kier alpha value is -2.22. The molecule has 5 nitrogen and oxygen atoms in total. The first-order valence-corrected chi connectivity index (χ1v) is 7.67. The van der Waals surface area contributed by atoms with Gasteiger partial charge in [-0.15, -0.1) is 0 Å². The number of rotatable bonds is 8. The Bertz CT molecular complexity index is 501. The quantitative estimate of drug-likeness (QED) is 0.390. The van der Waals surface area contributed by atoms with Gasteiger partial charge in [-0.2, -0.15) is 5.26 Å². The predicted octanol–water partition coefficient (Wildman–Crippen LogP) is 3.47. The van der Waals surface area contributed by atoms with Crippen LogP contribution in [0, 0.1) is 17.2 Å². The third-order valence-corrected chi connectivity index (χ3v) is 3.55. The third-order valence-electron chi connectivity index (χ3n) is 3.55. The Kier molecular flexibility index (Phi) is 7.84. The number of carbonyl (C=O) groups is 1. The molecule has 0 spiro atoms. The molecule has 1 rings (SSSR count). The molecular weight excluding hydrogens is 280 g/mol. The third kappa shape index (κ3) is 5.65. The van der Waals surface area contributed by atoms with E-state index in [1.165, 1.54) is 12.3 Å². The second kappa shape index (κ2) is 9.67. The molecule has 5 heteroatoms. The van der Waals surface area contributed by atoms with Crippen LogP contribution >= 0.6 is 0 Å². The van der Waals surface area contributed by atoms with Gasteiger partial charge in [-0.25, -0.2) is 4.79 Å². The summed E-state index contributed by atoms with van der Waals surface area (Å²) in [5.74, 6) is 0.327. The fourth-order valence-electron chi connectivity index (χ4n) is 1.98. The van der Waals surface area contributed by atoms with E-state index in [0.717, 1.165) is 25.7 Å². The number of nitriles is 1. The molecule has 22 heavy (non-hydrogen) atoms. The van der Waals surface area contributed by atoms with Crippen LogP contribution in [0.3, 0.4) is 0 Å². The molecule has 0 fully saturated rings. The van der Waals surface area contributed by atoms with Crippen molar-refractivity contribution < 1.29 is 14.3 Å². The van der Waals surface area contributed by atoms with E-state index in [1.54, 1.807) is 17.2 Å². The fourth-order valence-corrected chi connectivity index (χ4v) is 1.98. The summed E-state index contributed by atoms with van der Waals surface area (Å²) in [6.45, 7) is 4.59. The molecule has 1 atom stereocenters. The van der Waals surface area contributed by atoms with Crippen molar-refractivity contribution in [2.45, 2.75) is 39.5 Å². The predicted molar refractivity (Wildman–Crippen MR) is 84.0 cm³/mol. The average molecular weight is 304 g/mol. The molecule has 0 unspecified atom stereocenters. The van der Waals surface area contributed by atoms with Crippen LogP contribution in [0.2, 0.25) is 0 Å². The maximum absolute atomic E-state index is 11.9. The van der Waals surface area contributed by atoms with Crippen LogP contribution in [-0.4, -0.2) is 24.5 Å². The summed E-state index contributed by atoms with van der Waals surface area (Å²) in [5.41, 5.74) is -0.0262. The van der Waals surface area contributed by atoms with Crippen LogP contribution in [0.15, 0.2) is 36.1 Å². The maximum Gasteiger partial charge on any atom is 0.348 e. The van der Waals surface area contributed by atoms with Crippen LogP contribution in [-0.2, 0) is 14.3 Å². The van der Waals surface area contributed by atoms with Crippen molar-refractivity contribution in [2.75, 3.05) is 13.7 Å². The second-order valence-electron chi connectivity index (χ2n) is 5.23. The largest absolute Gasteiger partial charge is 0.461 e. The molecule has 0 bridgehead atoms. The molecule has 0 amide bonds. The van der Waals surface area contributed by atoms with Crippen LogP contribution in [0.1, 0.15) is 39.5 Å². The summed E-state index contributed by atoms with van der Waals surface area (Å²) in [7, 11) is 1.81. The Morgan fingerprint density at radius 2 is 2.32 bits per heavy atom. The smallest absolute Gasteiger partial charge is 0.348 e. The van der Waals surface area contributed by atoms with Crippen molar-refractivity contribution in [3.63, 3.8) is 0 Å². The van der Waals surface area contributed by atoms with Crippen molar-refractivity contribution in [1.29, 1.82) is 5.26 Å². The number of hydrogen-bond donors (Lipinski definition) is 0. The average Bonchev–Trinajstić information content (AvgIpc) is 2.93. The minimum atomic E-state index is -0.581. The first-order valence-electron chi connectivity index (χ1n) is 7.67. The van der Waals surface area contributed by atoms with E-state index in [0.29, 0.717) is 18.4 Å². The summed E-state index contributed by atoms with van der Waals surface area (Å²) in [4.78, 5) is 13.7. The summed E-state index contributed by atoms with van der Waals surface area (Å²) >= 11 is 0. The lowest BCUT2D eigenvalue weighted by atomic mass is 10.0. The minimum absolute atomic E-state index is 0.0262. The molecule has 1 aliphatic heterocycles. The van der Waals surface area contributed by atoms with E-state index in [4.69, 9.17) is 14.7 Å². The van der Waals surface area contributed by atoms with Crippen LogP contribution in [0.25, 0.3) is 0 Å².